The predicted molar refractivity (Wildman–Crippen MR) is 180 cm³/mol. The van der Waals surface area contributed by atoms with Gasteiger partial charge in [-0.1, -0.05) is 115 Å². The molecule has 190 valence electrons. The Hall–Kier alpha value is -4.98. The van der Waals surface area contributed by atoms with Crippen LogP contribution in [0.5, 0.6) is 0 Å². The van der Waals surface area contributed by atoms with Gasteiger partial charge in [-0.05, 0) is 90.3 Å². The zero-order valence-corrected chi connectivity index (χ0v) is 23.1. The highest BCUT2D eigenvalue weighted by molar-refractivity contribution is 7.26. The summed E-state index contributed by atoms with van der Waals surface area (Å²) in [7, 11) is 0. The van der Waals surface area contributed by atoms with Crippen LogP contribution in [0.2, 0.25) is 0 Å². The molecule has 0 saturated carbocycles. The maximum absolute atomic E-state index is 2.39. The highest BCUT2D eigenvalue weighted by atomic mass is 32.1. The van der Waals surface area contributed by atoms with E-state index < -0.39 is 0 Å². The van der Waals surface area contributed by atoms with Crippen molar-refractivity contribution in [1.29, 1.82) is 0 Å². The Morgan fingerprint density at radius 2 is 0.829 bits per heavy atom. The summed E-state index contributed by atoms with van der Waals surface area (Å²) in [5, 5.41) is 13.0. The molecule has 0 aliphatic rings. The number of benzene rings is 8. The van der Waals surface area contributed by atoms with Gasteiger partial charge in [-0.25, -0.2) is 0 Å². The molecule has 9 aromatic rings. The van der Waals surface area contributed by atoms with E-state index in [-0.39, 0.29) is 0 Å². The van der Waals surface area contributed by atoms with Crippen molar-refractivity contribution in [2.24, 2.45) is 0 Å². The van der Waals surface area contributed by atoms with Crippen molar-refractivity contribution < 1.29 is 0 Å². The highest BCUT2D eigenvalue weighted by Gasteiger charge is 2.12. The quantitative estimate of drug-likeness (QED) is 0.193. The molecule has 0 N–H and O–H groups in total. The molecule has 0 aliphatic heterocycles. The van der Waals surface area contributed by atoms with Crippen LogP contribution in [0.15, 0.2) is 146 Å². The Balaban J connectivity index is 1.18. The zero-order valence-electron chi connectivity index (χ0n) is 22.3. The maximum Gasteiger partial charge on any atom is 0.0440 e. The molecule has 0 radical (unpaired) electrons. The zero-order chi connectivity index (χ0) is 26.9. The molecule has 9 rings (SSSR count). The summed E-state index contributed by atoms with van der Waals surface area (Å²) < 4.78 is 2.73. The molecule has 0 atom stereocenters. The van der Waals surface area contributed by atoms with E-state index in [1.807, 2.05) is 11.3 Å². The van der Waals surface area contributed by atoms with E-state index in [4.69, 9.17) is 0 Å². The SMILES string of the molecule is c1ccc2cc(-c3ccc4cc(-c5ccc6ccc7ccc8c9ccccc9sc8c7c6c5)ccc4c3)ccc2c1. The van der Waals surface area contributed by atoms with Gasteiger partial charge in [0.15, 0.2) is 0 Å². The van der Waals surface area contributed by atoms with E-state index >= 15 is 0 Å². The molecule has 0 aliphatic carbocycles. The Kier molecular flexibility index (Phi) is 4.87. The van der Waals surface area contributed by atoms with Gasteiger partial charge in [-0.2, -0.15) is 0 Å². The van der Waals surface area contributed by atoms with Crippen molar-refractivity contribution in [3.8, 4) is 22.3 Å². The Morgan fingerprint density at radius 1 is 0.317 bits per heavy atom. The van der Waals surface area contributed by atoms with Gasteiger partial charge in [-0.15, -0.1) is 11.3 Å². The first kappa shape index (κ1) is 22.8. The van der Waals surface area contributed by atoms with Crippen molar-refractivity contribution >= 4 is 74.6 Å². The second-order valence-corrected chi connectivity index (χ2v) is 12.0. The lowest BCUT2D eigenvalue weighted by Gasteiger charge is -2.10. The molecule has 41 heavy (non-hydrogen) atoms. The summed E-state index contributed by atoms with van der Waals surface area (Å²) >= 11 is 1.91. The van der Waals surface area contributed by atoms with Gasteiger partial charge < -0.3 is 0 Å². The van der Waals surface area contributed by atoms with Crippen LogP contribution in [0, 0.1) is 0 Å². The Bertz CT molecular complexity index is 2480. The summed E-state index contributed by atoms with van der Waals surface area (Å²) in [4.78, 5) is 0. The minimum absolute atomic E-state index is 1.25. The smallest absolute Gasteiger partial charge is 0.0440 e. The molecular weight excluding hydrogens is 513 g/mol. The van der Waals surface area contributed by atoms with E-state index in [9.17, 15) is 0 Å². The average molecular weight is 537 g/mol. The fourth-order valence-corrected chi connectivity index (χ4v) is 7.74. The number of hydrogen-bond acceptors (Lipinski definition) is 1. The van der Waals surface area contributed by atoms with Crippen LogP contribution >= 0.6 is 11.3 Å². The van der Waals surface area contributed by atoms with Crippen LogP contribution in [0.4, 0.5) is 0 Å². The topological polar surface area (TPSA) is 0 Å². The van der Waals surface area contributed by atoms with Gasteiger partial charge >= 0.3 is 0 Å². The minimum Gasteiger partial charge on any atom is -0.135 e. The van der Waals surface area contributed by atoms with Gasteiger partial charge in [0.05, 0.1) is 0 Å². The third kappa shape index (κ3) is 3.60. The second-order valence-electron chi connectivity index (χ2n) is 11.0. The van der Waals surface area contributed by atoms with Crippen LogP contribution in [-0.2, 0) is 0 Å². The second kappa shape index (κ2) is 8.76. The average Bonchev–Trinajstić information content (AvgIpc) is 3.42. The van der Waals surface area contributed by atoms with Crippen LogP contribution in [0.25, 0.3) is 85.5 Å². The highest BCUT2D eigenvalue weighted by Crippen LogP contribution is 2.42. The van der Waals surface area contributed by atoms with Crippen LogP contribution in [0.3, 0.4) is 0 Å². The normalized spacial score (nSPS) is 11.9. The van der Waals surface area contributed by atoms with Crippen molar-refractivity contribution in [1.82, 2.24) is 0 Å². The molecule has 1 heteroatoms. The number of hydrogen-bond donors (Lipinski definition) is 0. The summed E-state index contributed by atoms with van der Waals surface area (Å²) in [5.41, 5.74) is 5.01. The summed E-state index contributed by atoms with van der Waals surface area (Å²) in [6.45, 7) is 0. The lowest BCUT2D eigenvalue weighted by Crippen LogP contribution is -1.84. The molecule has 8 aromatic carbocycles. The third-order valence-electron chi connectivity index (χ3n) is 8.60. The molecule has 0 nitrogen and oxygen atoms in total. The van der Waals surface area contributed by atoms with Crippen LogP contribution < -0.4 is 0 Å². The van der Waals surface area contributed by atoms with Gasteiger partial charge in [0.1, 0.15) is 0 Å². The molecule has 0 bridgehead atoms. The number of rotatable bonds is 2. The number of thiophene rings is 1. The van der Waals surface area contributed by atoms with Crippen molar-refractivity contribution in [3.63, 3.8) is 0 Å². The van der Waals surface area contributed by atoms with E-state index in [1.165, 1.54) is 85.5 Å². The Morgan fingerprint density at radius 3 is 1.59 bits per heavy atom. The molecule has 1 aromatic heterocycles. The fourth-order valence-electron chi connectivity index (χ4n) is 6.47. The van der Waals surface area contributed by atoms with Crippen molar-refractivity contribution in [3.05, 3.63) is 146 Å². The lowest BCUT2D eigenvalue weighted by atomic mass is 9.94. The maximum atomic E-state index is 2.39. The van der Waals surface area contributed by atoms with Crippen molar-refractivity contribution in [2.45, 2.75) is 0 Å². The molecule has 1 heterocycles. The van der Waals surface area contributed by atoms with Gasteiger partial charge in [0, 0.05) is 25.6 Å². The summed E-state index contributed by atoms with van der Waals surface area (Å²) in [5.74, 6) is 0. The van der Waals surface area contributed by atoms with E-state index in [0.717, 1.165) is 0 Å². The molecular formula is C40H24S. The fraction of sp³-hybridized carbons (Fsp3) is 0. The van der Waals surface area contributed by atoms with E-state index in [0.29, 0.717) is 0 Å². The molecule has 0 unspecified atom stereocenters. The van der Waals surface area contributed by atoms with E-state index in [1.54, 1.807) is 0 Å². The van der Waals surface area contributed by atoms with Crippen LogP contribution in [0.1, 0.15) is 0 Å². The number of fused-ring (bicyclic) bond motifs is 9. The third-order valence-corrected chi connectivity index (χ3v) is 9.80. The predicted octanol–water partition coefficient (Wildman–Crippen LogP) is 12.0. The van der Waals surface area contributed by atoms with Crippen LogP contribution in [-0.4, -0.2) is 0 Å². The first-order valence-corrected chi connectivity index (χ1v) is 14.9. The van der Waals surface area contributed by atoms with E-state index in [2.05, 4.69) is 146 Å². The molecule has 0 fully saturated rings. The molecule has 0 saturated heterocycles. The van der Waals surface area contributed by atoms with Crippen molar-refractivity contribution in [2.75, 3.05) is 0 Å². The Labute approximate surface area is 241 Å². The molecule has 0 amide bonds. The lowest BCUT2D eigenvalue weighted by molar-refractivity contribution is 1.66. The monoisotopic (exact) mass is 536 g/mol. The van der Waals surface area contributed by atoms with Gasteiger partial charge in [-0.3, -0.25) is 0 Å². The van der Waals surface area contributed by atoms with Gasteiger partial charge in [0.25, 0.3) is 0 Å². The largest absolute Gasteiger partial charge is 0.135 e. The molecule has 0 spiro atoms. The standard InChI is InChI=1S/C40H24S/c1-2-6-28-21-29(13-9-25(28)5-1)30-15-16-32-23-33(18-17-31(32)22-30)34-14-11-26-10-12-27-19-20-36-35-7-3-4-8-38(35)41-40(36)39(27)37(26)24-34/h1-24H. The first-order valence-electron chi connectivity index (χ1n) is 14.1. The summed E-state index contributed by atoms with van der Waals surface area (Å²) in [6, 6.07) is 53.8. The summed E-state index contributed by atoms with van der Waals surface area (Å²) in [6.07, 6.45) is 0. The first-order chi connectivity index (χ1) is 20.3. The van der Waals surface area contributed by atoms with Gasteiger partial charge in [0.2, 0.25) is 0 Å². The minimum atomic E-state index is 1.25.